The molecule has 0 rings (SSSR count). The zero-order chi connectivity index (χ0) is 8.15. The van der Waals surface area contributed by atoms with Gasteiger partial charge in [0.25, 0.3) is 0 Å². The third-order valence-corrected chi connectivity index (χ3v) is 0.796. The molecule has 0 saturated heterocycles. The van der Waals surface area contributed by atoms with Gasteiger partial charge in [0, 0.05) is 0 Å². The number of halogens is 1. The van der Waals surface area contributed by atoms with Crippen LogP contribution in [0.25, 0.3) is 0 Å². The number of rotatable bonds is 2. The zero-order valence-electron chi connectivity index (χ0n) is 5.43. The van der Waals surface area contributed by atoms with E-state index in [0.29, 0.717) is 6.26 Å². The minimum absolute atomic E-state index is 0.0711. The number of hydrogen-bond acceptors (Lipinski definition) is 3. The highest BCUT2D eigenvalue weighted by molar-refractivity contribution is 6.28. The minimum Gasteiger partial charge on any atom is -0.515 e. The van der Waals surface area contributed by atoms with Gasteiger partial charge in [0.2, 0.25) is 0 Å². The summed E-state index contributed by atoms with van der Waals surface area (Å²) in [6, 6.07) is 0. The smallest absolute Gasteiger partial charge is 0.343 e. The molecule has 1 N–H and O–H groups in total. The van der Waals surface area contributed by atoms with Gasteiger partial charge in [0.15, 0.2) is 5.22 Å². The Kier molecular flexibility index (Phi) is 3.57. The van der Waals surface area contributed by atoms with Crippen LogP contribution in [-0.4, -0.2) is 11.1 Å². The maximum absolute atomic E-state index is 10.6. The van der Waals surface area contributed by atoms with Gasteiger partial charge < -0.3 is 9.84 Å². The summed E-state index contributed by atoms with van der Waals surface area (Å²) in [7, 11) is 0. The molecule has 0 heterocycles. The number of esters is 1. The van der Waals surface area contributed by atoms with Gasteiger partial charge in [-0.15, -0.1) is 0 Å². The molecule has 0 radical (unpaired) electrons. The summed E-state index contributed by atoms with van der Waals surface area (Å²) in [6.07, 6.45) is 0.641. The van der Waals surface area contributed by atoms with Crippen molar-refractivity contribution in [3.63, 3.8) is 0 Å². The van der Waals surface area contributed by atoms with Crippen LogP contribution < -0.4 is 0 Å². The molecule has 4 heteroatoms. The highest BCUT2D eigenvalue weighted by atomic mass is 35.5. The maximum atomic E-state index is 10.6. The first-order chi connectivity index (χ1) is 4.57. The van der Waals surface area contributed by atoms with Crippen LogP contribution in [0, 0.1) is 0 Å². The largest absolute Gasteiger partial charge is 0.515 e. The van der Waals surface area contributed by atoms with Gasteiger partial charge in [-0.25, -0.2) is 4.79 Å². The van der Waals surface area contributed by atoms with Gasteiger partial charge in [-0.1, -0.05) is 0 Å². The standard InChI is InChI=1S/C6H7ClO3/c1-4(3-8)6(9)10-5(2)7/h3,8H,2H2,1H3. The summed E-state index contributed by atoms with van der Waals surface area (Å²) in [5.41, 5.74) is 0.0711. The Labute approximate surface area is 63.6 Å². The van der Waals surface area contributed by atoms with Crippen LogP contribution in [0.4, 0.5) is 0 Å². The van der Waals surface area contributed by atoms with Crippen LogP contribution in [-0.2, 0) is 9.53 Å². The third-order valence-electron chi connectivity index (χ3n) is 0.719. The van der Waals surface area contributed by atoms with Crippen molar-refractivity contribution in [3.8, 4) is 0 Å². The highest BCUT2D eigenvalue weighted by Crippen LogP contribution is 2.03. The van der Waals surface area contributed by atoms with Crippen LogP contribution in [0.5, 0.6) is 0 Å². The second kappa shape index (κ2) is 3.95. The molecular weight excluding hydrogens is 156 g/mol. The molecule has 0 bridgehead atoms. The normalized spacial score (nSPS) is 10.8. The quantitative estimate of drug-likeness (QED) is 0.382. The summed E-state index contributed by atoms with van der Waals surface area (Å²) < 4.78 is 4.31. The second-order valence-electron chi connectivity index (χ2n) is 1.56. The Hall–Kier alpha value is -0.960. The molecule has 0 amide bonds. The second-order valence-corrected chi connectivity index (χ2v) is 1.98. The fraction of sp³-hybridized carbons (Fsp3) is 0.167. The molecule has 0 spiro atoms. The lowest BCUT2D eigenvalue weighted by atomic mass is 10.3. The van der Waals surface area contributed by atoms with Gasteiger partial charge in [0.05, 0.1) is 11.8 Å². The fourth-order valence-corrected chi connectivity index (χ4v) is 0.304. The average Bonchev–Trinajstić information content (AvgIpc) is 1.85. The molecule has 0 aromatic rings. The Morgan fingerprint density at radius 2 is 2.30 bits per heavy atom. The maximum Gasteiger partial charge on any atom is 0.343 e. The van der Waals surface area contributed by atoms with Crippen molar-refractivity contribution in [1.29, 1.82) is 0 Å². The van der Waals surface area contributed by atoms with E-state index in [2.05, 4.69) is 11.3 Å². The average molecular weight is 163 g/mol. The predicted molar refractivity (Wildman–Crippen MR) is 37.5 cm³/mol. The number of carbonyl (C=O) groups is 1. The van der Waals surface area contributed by atoms with E-state index in [4.69, 9.17) is 16.7 Å². The van der Waals surface area contributed by atoms with Gasteiger partial charge in [-0.05, 0) is 25.1 Å². The minimum atomic E-state index is -0.706. The molecule has 3 nitrogen and oxygen atoms in total. The van der Waals surface area contributed by atoms with Crippen LogP contribution in [0.3, 0.4) is 0 Å². The van der Waals surface area contributed by atoms with Gasteiger partial charge in [-0.2, -0.15) is 0 Å². The Bertz CT molecular complexity index is 183. The van der Waals surface area contributed by atoms with Crippen LogP contribution in [0.2, 0.25) is 0 Å². The van der Waals surface area contributed by atoms with E-state index >= 15 is 0 Å². The van der Waals surface area contributed by atoms with E-state index < -0.39 is 5.97 Å². The van der Waals surface area contributed by atoms with Crippen molar-refractivity contribution >= 4 is 17.6 Å². The number of carbonyl (C=O) groups excluding carboxylic acids is 1. The van der Waals surface area contributed by atoms with E-state index in [1.54, 1.807) is 0 Å². The SMILES string of the molecule is C=C(Cl)OC(=O)C(C)=CO. The summed E-state index contributed by atoms with van der Waals surface area (Å²) in [5, 5.41) is 8.07. The third kappa shape index (κ3) is 3.14. The van der Waals surface area contributed by atoms with E-state index in [1.165, 1.54) is 6.92 Å². The van der Waals surface area contributed by atoms with Crippen molar-refractivity contribution in [2.45, 2.75) is 6.92 Å². The van der Waals surface area contributed by atoms with Crippen molar-refractivity contribution in [2.24, 2.45) is 0 Å². The molecule has 0 atom stereocenters. The molecule has 56 valence electrons. The van der Waals surface area contributed by atoms with E-state index in [-0.39, 0.29) is 10.8 Å². The van der Waals surface area contributed by atoms with Crippen molar-refractivity contribution in [2.75, 3.05) is 0 Å². The van der Waals surface area contributed by atoms with Crippen molar-refractivity contribution < 1.29 is 14.6 Å². The topological polar surface area (TPSA) is 46.5 Å². The first-order valence-corrected chi connectivity index (χ1v) is 2.83. The Balaban J connectivity index is 3.99. The summed E-state index contributed by atoms with van der Waals surface area (Å²) in [5.74, 6) is -0.706. The monoisotopic (exact) mass is 162 g/mol. The van der Waals surface area contributed by atoms with E-state index in [0.717, 1.165) is 0 Å². The van der Waals surface area contributed by atoms with Crippen molar-refractivity contribution in [1.82, 2.24) is 0 Å². The van der Waals surface area contributed by atoms with Crippen LogP contribution >= 0.6 is 11.6 Å². The van der Waals surface area contributed by atoms with Crippen LogP contribution in [0.15, 0.2) is 23.6 Å². The molecule has 0 fully saturated rings. The molecule has 0 aliphatic heterocycles. The lowest BCUT2D eigenvalue weighted by molar-refractivity contribution is -0.134. The predicted octanol–water partition coefficient (Wildman–Crippen LogP) is 1.70. The highest BCUT2D eigenvalue weighted by Gasteiger charge is 2.05. The van der Waals surface area contributed by atoms with Crippen molar-refractivity contribution in [3.05, 3.63) is 23.6 Å². The number of hydrogen-bond donors (Lipinski definition) is 1. The first-order valence-electron chi connectivity index (χ1n) is 2.45. The van der Waals surface area contributed by atoms with E-state index in [1.807, 2.05) is 0 Å². The fourth-order valence-electron chi connectivity index (χ4n) is 0.234. The number of aliphatic hydroxyl groups excluding tert-OH is 1. The molecule has 0 aromatic carbocycles. The Morgan fingerprint density at radius 1 is 1.80 bits per heavy atom. The summed E-state index contributed by atoms with van der Waals surface area (Å²) >= 11 is 5.13. The first kappa shape index (κ1) is 9.04. The lowest BCUT2D eigenvalue weighted by Gasteiger charge is -1.98. The molecule has 10 heavy (non-hydrogen) atoms. The number of aliphatic hydroxyl groups is 1. The van der Waals surface area contributed by atoms with Gasteiger partial charge >= 0.3 is 5.97 Å². The van der Waals surface area contributed by atoms with Gasteiger partial charge in [0.1, 0.15) is 0 Å². The lowest BCUT2D eigenvalue weighted by Crippen LogP contribution is -2.02. The summed E-state index contributed by atoms with van der Waals surface area (Å²) in [6.45, 7) is 4.52. The zero-order valence-corrected chi connectivity index (χ0v) is 6.18. The Morgan fingerprint density at radius 3 is 2.60 bits per heavy atom. The molecule has 0 saturated carbocycles. The van der Waals surface area contributed by atoms with Crippen LogP contribution in [0.1, 0.15) is 6.92 Å². The van der Waals surface area contributed by atoms with E-state index in [9.17, 15) is 4.79 Å². The summed E-state index contributed by atoms with van der Waals surface area (Å²) in [4.78, 5) is 10.6. The molecule has 0 aromatic heterocycles. The molecular formula is C6H7ClO3. The molecule has 0 aliphatic rings. The molecule has 0 unspecified atom stereocenters. The molecule has 0 aliphatic carbocycles. The van der Waals surface area contributed by atoms with Gasteiger partial charge in [-0.3, -0.25) is 0 Å². The number of ether oxygens (including phenoxy) is 1.